The zero-order valence-electron chi connectivity index (χ0n) is 17.8. The monoisotopic (exact) mass is 455 g/mol. The highest BCUT2D eigenvalue weighted by Crippen LogP contribution is 2.54. The van der Waals surface area contributed by atoms with E-state index in [-0.39, 0.29) is 28.3 Å². The number of pyridine rings is 1. The van der Waals surface area contributed by atoms with Gasteiger partial charge in [-0.1, -0.05) is 11.6 Å². The van der Waals surface area contributed by atoms with Crippen LogP contribution in [0.25, 0.3) is 11.1 Å². The fourth-order valence-electron chi connectivity index (χ4n) is 4.97. The number of halogens is 2. The number of nitrogens with two attached hydrogens (primary N) is 1. The third-order valence-electron chi connectivity index (χ3n) is 6.57. The summed E-state index contributed by atoms with van der Waals surface area (Å²) in [5.74, 6) is -0.485. The molecule has 3 N–H and O–H groups in total. The van der Waals surface area contributed by atoms with Crippen LogP contribution in [-0.4, -0.2) is 51.4 Å². The lowest BCUT2D eigenvalue weighted by Crippen LogP contribution is -2.26. The number of amides is 1. The molecular weight excluding hydrogens is 433 g/mol. The van der Waals surface area contributed by atoms with Gasteiger partial charge in [0.2, 0.25) is 0 Å². The second kappa shape index (κ2) is 7.44. The maximum Gasteiger partial charge on any atom is 0.258 e. The molecule has 10 heteroatoms. The van der Waals surface area contributed by atoms with Gasteiger partial charge in [0, 0.05) is 54.6 Å². The topological polar surface area (TPSA) is 102 Å². The largest absolute Gasteiger partial charge is 0.398 e. The number of fused-ring (bicyclic) bond motifs is 2. The first-order valence-corrected chi connectivity index (χ1v) is 10.8. The van der Waals surface area contributed by atoms with E-state index in [0.29, 0.717) is 22.9 Å². The number of carbonyl (C=O) groups excluding carboxylic acids is 1. The van der Waals surface area contributed by atoms with Gasteiger partial charge < -0.3 is 16.0 Å². The Kier molecular flexibility index (Phi) is 4.81. The SMILES string of the molecule is CN(C)C(=O)c1c(N)ccc(-c2cnc3c(c2Cl)[C@]2(CC[C@@H](n4nccn4)C2)CN3)c1F. The van der Waals surface area contributed by atoms with Crippen molar-refractivity contribution in [1.29, 1.82) is 0 Å². The normalized spacial score (nSPS) is 21.6. The van der Waals surface area contributed by atoms with Crippen molar-refractivity contribution in [2.24, 2.45) is 0 Å². The van der Waals surface area contributed by atoms with Crippen LogP contribution < -0.4 is 11.1 Å². The van der Waals surface area contributed by atoms with Crippen LogP contribution >= 0.6 is 11.6 Å². The van der Waals surface area contributed by atoms with Gasteiger partial charge in [0.15, 0.2) is 0 Å². The van der Waals surface area contributed by atoms with Crippen molar-refractivity contribution in [2.75, 3.05) is 31.7 Å². The van der Waals surface area contributed by atoms with E-state index in [9.17, 15) is 4.79 Å². The number of nitrogen functional groups attached to an aromatic ring is 1. The van der Waals surface area contributed by atoms with Gasteiger partial charge in [-0.15, -0.1) is 0 Å². The predicted molar refractivity (Wildman–Crippen MR) is 120 cm³/mol. The second-order valence-corrected chi connectivity index (χ2v) is 9.06. The lowest BCUT2D eigenvalue weighted by atomic mass is 9.80. The summed E-state index contributed by atoms with van der Waals surface area (Å²) in [4.78, 5) is 20.1. The molecule has 32 heavy (non-hydrogen) atoms. The van der Waals surface area contributed by atoms with Crippen molar-refractivity contribution in [3.8, 4) is 11.1 Å². The molecule has 1 aliphatic heterocycles. The molecule has 1 spiro atoms. The Morgan fingerprint density at radius 3 is 2.78 bits per heavy atom. The van der Waals surface area contributed by atoms with Gasteiger partial charge in [-0.05, 0) is 31.4 Å². The van der Waals surface area contributed by atoms with Gasteiger partial charge in [0.25, 0.3) is 5.91 Å². The Balaban J connectivity index is 1.60. The smallest absolute Gasteiger partial charge is 0.258 e. The first kappa shape index (κ1) is 20.7. The predicted octanol–water partition coefficient (Wildman–Crippen LogP) is 3.51. The minimum Gasteiger partial charge on any atom is -0.398 e. The maximum absolute atomic E-state index is 15.5. The Bertz CT molecular complexity index is 1210. The highest BCUT2D eigenvalue weighted by Gasteiger charge is 2.48. The minimum absolute atomic E-state index is 0.0821. The van der Waals surface area contributed by atoms with Crippen LogP contribution in [0.2, 0.25) is 5.02 Å². The first-order valence-electron chi connectivity index (χ1n) is 10.4. The van der Waals surface area contributed by atoms with E-state index in [1.165, 1.54) is 11.0 Å². The average Bonchev–Trinajstić information content (AvgIpc) is 3.50. The van der Waals surface area contributed by atoms with Crippen LogP contribution in [0.4, 0.5) is 15.9 Å². The van der Waals surface area contributed by atoms with Gasteiger partial charge in [-0.25, -0.2) is 9.37 Å². The molecule has 1 saturated carbocycles. The molecule has 1 aromatic carbocycles. The number of nitrogens with zero attached hydrogens (tertiary/aromatic N) is 5. The van der Waals surface area contributed by atoms with Gasteiger partial charge in [0.05, 0.1) is 29.0 Å². The van der Waals surface area contributed by atoms with Crippen LogP contribution in [0.3, 0.4) is 0 Å². The Labute approximate surface area is 189 Å². The van der Waals surface area contributed by atoms with Crippen LogP contribution in [0.1, 0.15) is 41.2 Å². The number of rotatable bonds is 3. The quantitative estimate of drug-likeness (QED) is 0.586. The van der Waals surface area contributed by atoms with Crippen LogP contribution in [0.15, 0.2) is 30.7 Å². The van der Waals surface area contributed by atoms with Gasteiger partial charge in [-0.3, -0.25) is 4.79 Å². The zero-order chi connectivity index (χ0) is 22.6. The molecule has 3 heterocycles. The van der Waals surface area contributed by atoms with Crippen molar-refractivity contribution < 1.29 is 9.18 Å². The Morgan fingerprint density at radius 1 is 1.31 bits per heavy atom. The number of carbonyl (C=O) groups is 1. The molecule has 2 aromatic heterocycles. The fourth-order valence-corrected chi connectivity index (χ4v) is 5.41. The van der Waals surface area contributed by atoms with E-state index in [1.54, 1.807) is 43.5 Å². The summed E-state index contributed by atoms with van der Waals surface area (Å²) >= 11 is 6.93. The molecule has 0 bridgehead atoms. The molecular formula is C22H23ClFN7O. The van der Waals surface area contributed by atoms with E-state index < -0.39 is 11.7 Å². The lowest BCUT2D eigenvalue weighted by Gasteiger charge is -2.25. The molecule has 0 unspecified atom stereocenters. The molecule has 3 aromatic rings. The van der Waals surface area contributed by atoms with Gasteiger partial charge >= 0.3 is 0 Å². The summed E-state index contributed by atoms with van der Waals surface area (Å²) in [6.07, 6.45) is 7.50. The number of benzene rings is 1. The van der Waals surface area contributed by atoms with Crippen LogP contribution in [0, 0.1) is 5.82 Å². The summed E-state index contributed by atoms with van der Waals surface area (Å²) in [7, 11) is 3.11. The summed E-state index contributed by atoms with van der Waals surface area (Å²) in [5.41, 5.74) is 7.15. The molecule has 1 fully saturated rings. The van der Waals surface area contributed by atoms with Crippen molar-refractivity contribution in [3.63, 3.8) is 0 Å². The highest BCUT2D eigenvalue weighted by molar-refractivity contribution is 6.34. The van der Waals surface area contributed by atoms with Crippen molar-refractivity contribution in [3.05, 3.63) is 52.7 Å². The minimum atomic E-state index is -0.697. The van der Waals surface area contributed by atoms with Gasteiger partial charge in [0.1, 0.15) is 11.6 Å². The summed E-state index contributed by atoms with van der Waals surface area (Å²) < 4.78 is 15.5. The van der Waals surface area contributed by atoms with E-state index in [2.05, 4.69) is 20.5 Å². The Morgan fingerprint density at radius 2 is 2.06 bits per heavy atom. The summed E-state index contributed by atoms with van der Waals surface area (Å²) in [6, 6.07) is 3.24. The lowest BCUT2D eigenvalue weighted by molar-refractivity contribution is 0.0824. The zero-order valence-corrected chi connectivity index (χ0v) is 18.5. The number of hydrogen-bond donors (Lipinski definition) is 2. The van der Waals surface area contributed by atoms with E-state index >= 15 is 4.39 Å². The van der Waals surface area contributed by atoms with Crippen molar-refractivity contribution in [1.82, 2.24) is 24.9 Å². The van der Waals surface area contributed by atoms with Crippen LogP contribution in [0.5, 0.6) is 0 Å². The molecule has 0 radical (unpaired) electrons. The molecule has 166 valence electrons. The van der Waals surface area contributed by atoms with Gasteiger partial charge in [-0.2, -0.15) is 15.0 Å². The fraction of sp³-hybridized carbons (Fsp3) is 0.364. The molecule has 1 amide bonds. The van der Waals surface area contributed by atoms with E-state index in [0.717, 1.165) is 24.8 Å². The molecule has 0 saturated heterocycles. The second-order valence-electron chi connectivity index (χ2n) is 8.68. The number of nitrogens with one attached hydrogen (secondary N) is 1. The third kappa shape index (κ3) is 3.02. The highest BCUT2D eigenvalue weighted by atomic mass is 35.5. The maximum atomic E-state index is 15.5. The first-order chi connectivity index (χ1) is 15.3. The molecule has 8 nitrogen and oxygen atoms in total. The molecule has 2 atom stereocenters. The van der Waals surface area contributed by atoms with E-state index in [4.69, 9.17) is 17.3 Å². The number of aromatic nitrogens is 4. The molecule has 2 aliphatic rings. The van der Waals surface area contributed by atoms with Crippen molar-refractivity contribution in [2.45, 2.75) is 30.7 Å². The number of hydrogen-bond acceptors (Lipinski definition) is 6. The van der Waals surface area contributed by atoms with E-state index in [1.807, 2.05) is 0 Å². The number of anilines is 2. The van der Waals surface area contributed by atoms with Crippen LogP contribution in [-0.2, 0) is 5.41 Å². The summed E-state index contributed by atoms with van der Waals surface area (Å²) in [6.45, 7) is 0.699. The molecule has 5 rings (SSSR count). The average molecular weight is 456 g/mol. The standard InChI is InChI=1S/C22H23ClFN7O/c1-30(2)21(32)16-15(25)4-3-13(19(16)24)14-10-26-20-17(18(14)23)22(11-27-20)6-5-12(9-22)31-28-7-8-29-31/h3-4,7-8,10,12H,5-6,9,11,25H2,1-2H3,(H,26,27)/t12-,22+/m1/s1. The third-order valence-corrected chi connectivity index (χ3v) is 6.96. The molecule has 1 aliphatic carbocycles. The van der Waals surface area contributed by atoms with Crippen molar-refractivity contribution >= 4 is 29.0 Å². The summed E-state index contributed by atoms with van der Waals surface area (Å²) in [5, 5.41) is 12.4. The Hall–Kier alpha value is -3.20.